The van der Waals surface area contributed by atoms with E-state index in [1.165, 1.54) is 22.3 Å². The third kappa shape index (κ3) is 1.84. The summed E-state index contributed by atoms with van der Waals surface area (Å²) in [4.78, 5) is 0. The minimum Gasteiger partial charge on any atom is -0.168 e. The first-order chi connectivity index (χ1) is 5.37. The zero-order chi connectivity index (χ0) is 7.73. The number of hydrogen-bond acceptors (Lipinski definition) is 3. The van der Waals surface area contributed by atoms with Crippen LogP contribution in [0.2, 0.25) is 0 Å². The van der Waals surface area contributed by atoms with Gasteiger partial charge in [-0.1, -0.05) is 17.7 Å². The van der Waals surface area contributed by atoms with Crippen LogP contribution in [0.5, 0.6) is 0 Å². The van der Waals surface area contributed by atoms with Crippen LogP contribution in [0.4, 0.5) is 0 Å². The molecule has 0 saturated carbocycles. The van der Waals surface area contributed by atoms with Gasteiger partial charge >= 0.3 is 0 Å². The number of hydrogen-bond donors (Lipinski definition) is 0. The maximum absolute atomic E-state index is 2.33. The van der Waals surface area contributed by atoms with Gasteiger partial charge in [0.15, 0.2) is 0 Å². The minimum atomic E-state index is -0.0769. The molecule has 2 atom stereocenters. The van der Waals surface area contributed by atoms with E-state index in [0.29, 0.717) is 0 Å². The normalized spacial score (nSPS) is 47.5. The molecule has 2 aliphatic rings. The van der Waals surface area contributed by atoms with E-state index in [-0.39, 0.29) is 9.06 Å². The van der Waals surface area contributed by atoms with Crippen molar-refractivity contribution < 1.29 is 0 Å². The Bertz CT molecular complexity index is 149. The molecule has 0 amide bonds. The Morgan fingerprint density at radius 2 is 2.55 bits per heavy atom. The van der Waals surface area contributed by atoms with E-state index in [9.17, 15) is 0 Å². The zero-order valence-corrected chi connectivity index (χ0v) is 10.0. The van der Waals surface area contributed by atoms with Crippen molar-refractivity contribution in [1.29, 1.82) is 0 Å². The summed E-state index contributed by atoms with van der Waals surface area (Å²) in [5.74, 6) is 5.78. The summed E-state index contributed by atoms with van der Waals surface area (Å²) in [5, 5.41) is 1.50. The van der Waals surface area contributed by atoms with E-state index >= 15 is 0 Å². The largest absolute Gasteiger partial charge is 0.168 e. The highest BCUT2D eigenvalue weighted by Gasteiger charge is 2.51. The van der Waals surface area contributed by atoms with E-state index in [2.05, 4.69) is 41.2 Å². The Labute approximate surface area is 82.7 Å². The Balaban J connectivity index is 1.82. The maximum Gasteiger partial charge on any atom is 0.0617 e. The molecule has 0 bridgehead atoms. The third-order valence-electron chi connectivity index (χ3n) is 2.05. The monoisotopic (exact) mass is 226 g/mol. The quantitative estimate of drug-likeness (QED) is 0.536. The van der Waals surface area contributed by atoms with Gasteiger partial charge in [-0.15, -0.1) is 0 Å². The zero-order valence-electron chi connectivity index (χ0n) is 6.75. The lowest BCUT2D eigenvalue weighted by atomic mass is 10.9. The molecule has 0 aromatic heterocycles. The Kier molecular flexibility index (Phi) is 2.97. The molecule has 66 valence electrons. The van der Waals surface area contributed by atoms with Gasteiger partial charge in [-0.3, -0.25) is 0 Å². The van der Waals surface area contributed by atoms with Crippen molar-refractivity contribution in [3.8, 4) is 0 Å². The molecule has 2 heterocycles. The van der Waals surface area contributed by atoms with Gasteiger partial charge in [0.05, 0.1) is 4.58 Å². The van der Waals surface area contributed by atoms with Gasteiger partial charge in [-0.2, -0.15) is 32.6 Å². The molecule has 2 saturated heterocycles. The predicted octanol–water partition coefficient (Wildman–Crippen LogP) is 3.24. The fraction of sp³-hybridized carbons (Fsp3) is 1.00. The molecule has 11 heavy (non-hydrogen) atoms. The lowest BCUT2D eigenvalue weighted by Crippen LogP contribution is -2.08. The summed E-state index contributed by atoms with van der Waals surface area (Å²) in [6.45, 7) is 2.28. The summed E-state index contributed by atoms with van der Waals surface area (Å²) in [6.07, 6.45) is 0. The summed E-state index contributed by atoms with van der Waals surface area (Å²) in [7, 11) is 2.25. The number of thioether (sulfide) groups is 2. The SMILES string of the molecule is CCSCS12CCSCC1S2. The van der Waals surface area contributed by atoms with Gasteiger partial charge in [0.1, 0.15) is 0 Å². The summed E-state index contributed by atoms with van der Waals surface area (Å²) < 4.78 is 1.11. The molecule has 0 nitrogen and oxygen atoms in total. The van der Waals surface area contributed by atoms with Crippen LogP contribution in [0, 0.1) is 0 Å². The molecule has 0 aliphatic carbocycles. The van der Waals surface area contributed by atoms with Gasteiger partial charge in [0.25, 0.3) is 0 Å². The topological polar surface area (TPSA) is 0 Å². The van der Waals surface area contributed by atoms with E-state index in [1.54, 1.807) is 5.75 Å². The molecule has 0 aromatic rings. The van der Waals surface area contributed by atoms with Gasteiger partial charge in [-0.25, -0.2) is 0 Å². The molecule has 2 rings (SSSR count). The van der Waals surface area contributed by atoms with Gasteiger partial charge < -0.3 is 0 Å². The second-order valence-electron chi connectivity index (χ2n) is 2.78. The Morgan fingerprint density at radius 1 is 1.64 bits per heavy atom. The molecular formula is C7H14S4. The van der Waals surface area contributed by atoms with Gasteiger partial charge in [0.2, 0.25) is 0 Å². The molecule has 2 aliphatic heterocycles. The van der Waals surface area contributed by atoms with Crippen LogP contribution in [0.1, 0.15) is 6.92 Å². The fourth-order valence-corrected chi connectivity index (χ4v) is 14.8. The highest BCUT2D eigenvalue weighted by Crippen LogP contribution is 2.86. The van der Waals surface area contributed by atoms with E-state index in [1.807, 2.05) is 0 Å². The second kappa shape index (κ2) is 3.64. The molecule has 4 heteroatoms. The van der Waals surface area contributed by atoms with Crippen LogP contribution < -0.4 is 0 Å². The molecule has 0 aromatic carbocycles. The van der Waals surface area contributed by atoms with Crippen molar-refractivity contribution in [1.82, 2.24) is 0 Å². The number of fused-ring (bicyclic) bond motifs is 1. The molecular weight excluding hydrogens is 212 g/mol. The van der Waals surface area contributed by atoms with Gasteiger partial charge in [0, 0.05) is 16.6 Å². The van der Waals surface area contributed by atoms with Crippen LogP contribution in [0.15, 0.2) is 0 Å². The van der Waals surface area contributed by atoms with Crippen molar-refractivity contribution in [3.63, 3.8) is 0 Å². The van der Waals surface area contributed by atoms with Crippen molar-refractivity contribution in [2.45, 2.75) is 11.5 Å². The van der Waals surface area contributed by atoms with Crippen molar-refractivity contribution in [2.75, 3.05) is 28.1 Å². The summed E-state index contributed by atoms with van der Waals surface area (Å²) >= 11 is 4.33. The van der Waals surface area contributed by atoms with Crippen molar-refractivity contribution in [2.24, 2.45) is 0 Å². The highest BCUT2D eigenvalue weighted by molar-refractivity contribution is 9.10. The first-order valence-corrected chi connectivity index (χ1v) is 9.73. The lowest BCUT2D eigenvalue weighted by molar-refractivity contribution is 1.38. The van der Waals surface area contributed by atoms with Crippen molar-refractivity contribution in [3.05, 3.63) is 0 Å². The fourth-order valence-electron chi connectivity index (χ4n) is 1.29. The molecule has 0 spiro atoms. The Morgan fingerprint density at radius 3 is 3.27 bits per heavy atom. The third-order valence-corrected chi connectivity index (χ3v) is 13.6. The van der Waals surface area contributed by atoms with E-state index in [0.717, 1.165) is 4.58 Å². The van der Waals surface area contributed by atoms with E-state index in [4.69, 9.17) is 0 Å². The second-order valence-corrected chi connectivity index (χ2v) is 12.2. The summed E-state index contributed by atoms with van der Waals surface area (Å²) in [5.41, 5.74) is 0. The average Bonchev–Trinajstić information content (AvgIpc) is 2.75. The van der Waals surface area contributed by atoms with Crippen LogP contribution in [-0.4, -0.2) is 32.7 Å². The smallest absolute Gasteiger partial charge is 0.0617 e. The van der Waals surface area contributed by atoms with E-state index < -0.39 is 0 Å². The standard InChI is InChI=1S/C7H14S4/c1-2-8-6-11-4-3-9-5-7(11)10-11/h7H,2-6H2,1H3. The molecule has 0 radical (unpaired) electrons. The van der Waals surface area contributed by atoms with Crippen LogP contribution in [0.3, 0.4) is 0 Å². The number of rotatable bonds is 3. The molecule has 0 N–H and O–H groups in total. The van der Waals surface area contributed by atoms with Crippen LogP contribution in [0.25, 0.3) is 0 Å². The highest BCUT2D eigenvalue weighted by atomic mass is 33.2. The van der Waals surface area contributed by atoms with Crippen LogP contribution >= 0.6 is 43.4 Å². The lowest BCUT2D eigenvalue weighted by Gasteiger charge is -2.23. The maximum atomic E-state index is 2.33. The van der Waals surface area contributed by atoms with Crippen molar-refractivity contribution >= 4 is 43.4 Å². The summed E-state index contributed by atoms with van der Waals surface area (Å²) in [6, 6.07) is 0. The molecule has 2 unspecified atom stereocenters. The average molecular weight is 226 g/mol. The minimum absolute atomic E-state index is 0.0769. The predicted molar refractivity (Wildman–Crippen MR) is 64.2 cm³/mol. The molecule has 2 fully saturated rings. The van der Waals surface area contributed by atoms with Crippen LogP contribution in [-0.2, 0) is 0 Å². The first kappa shape index (κ1) is 8.97. The Hall–Kier alpha value is 1.40. The first-order valence-electron chi connectivity index (χ1n) is 3.99. The van der Waals surface area contributed by atoms with Gasteiger partial charge in [-0.05, 0) is 11.5 Å².